The number of aryl methyl sites for hydroxylation is 1. The largest absolute Gasteiger partial charge is 0.334 e. The van der Waals surface area contributed by atoms with Crippen molar-refractivity contribution in [1.82, 2.24) is 19.8 Å². The van der Waals surface area contributed by atoms with E-state index in [1.807, 2.05) is 0 Å². The fourth-order valence-corrected chi connectivity index (χ4v) is 3.93. The van der Waals surface area contributed by atoms with Crippen LogP contribution >= 0.6 is 0 Å². The second-order valence-corrected chi connectivity index (χ2v) is 6.95. The van der Waals surface area contributed by atoms with E-state index in [0.29, 0.717) is 37.4 Å². The van der Waals surface area contributed by atoms with Gasteiger partial charge in [0.25, 0.3) is 12.3 Å². The summed E-state index contributed by atoms with van der Waals surface area (Å²) in [4.78, 5) is 18.7. The Morgan fingerprint density at radius 3 is 2.81 bits per heavy atom. The van der Waals surface area contributed by atoms with Crippen molar-refractivity contribution in [1.29, 1.82) is 0 Å². The quantitative estimate of drug-likeness (QED) is 0.893. The molecule has 27 heavy (non-hydrogen) atoms. The van der Waals surface area contributed by atoms with Gasteiger partial charge in [-0.25, -0.2) is 18.2 Å². The number of carbonyl (C=O) groups is 1. The summed E-state index contributed by atoms with van der Waals surface area (Å²) in [6, 6.07) is 6.02. The van der Waals surface area contributed by atoms with Gasteiger partial charge in [-0.3, -0.25) is 4.79 Å². The Morgan fingerprint density at radius 1 is 1.22 bits per heavy atom. The minimum atomic E-state index is -2.80. The van der Waals surface area contributed by atoms with E-state index in [1.54, 1.807) is 22.8 Å². The number of alkyl halides is 2. The molecular weight excluding hydrogens is 357 g/mol. The zero-order chi connectivity index (χ0) is 19.0. The van der Waals surface area contributed by atoms with Gasteiger partial charge in [0.05, 0.1) is 6.04 Å². The summed E-state index contributed by atoms with van der Waals surface area (Å²) in [5, 5.41) is 3.20. The summed E-state index contributed by atoms with van der Waals surface area (Å²) in [7, 11) is 0. The number of hydrogen-bond donors (Lipinski definition) is 1. The number of carbonyl (C=O) groups excluding carboxylic acids is 1. The number of aromatic nitrogens is 2. The molecule has 2 aliphatic heterocycles. The maximum atomic E-state index is 14.1. The first-order valence-electron chi connectivity index (χ1n) is 9.20. The van der Waals surface area contributed by atoms with Crippen LogP contribution in [-0.2, 0) is 13.0 Å². The highest BCUT2D eigenvalue weighted by Gasteiger charge is 2.34. The molecule has 1 atom stereocenters. The Balaban J connectivity index is 1.63. The van der Waals surface area contributed by atoms with Gasteiger partial charge in [0, 0.05) is 38.2 Å². The average molecular weight is 378 g/mol. The van der Waals surface area contributed by atoms with E-state index in [2.05, 4.69) is 10.3 Å². The fraction of sp³-hybridized carbons (Fsp3) is 0.474. The lowest BCUT2D eigenvalue weighted by molar-refractivity contribution is 0.0676. The molecular formula is C19H21F3N4O. The number of piperazine rings is 1. The minimum Gasteiger partial charge on any atom is -0.334 e. The molecule has 0 bridgehead atoms. The summed E-state index contributed by atoms with van der Waals surface area (Å²) in [5.41, 5.74) is 0.0335. The molecule has 0 spiro atoms. The highest BCUT2D eigenvalue weighted by Crippen LogP contribution is 2.29. The van der Waals surface area contributed by atoms with Gasteiger partial charge in [0.15, 0.2) is 0 Å². The normalized spacial score (nSPS) is 20.0. The molecule has 1 fully saturated rings. The van der Waals surface area contributed by atoms with Gasteiger partial charge in [-0.05, 0) is 18.9 Å². The molecule has 0 saturated carbocycles. The van der Waals surface area contributed by atoms with Gasteiger partial charge in [-0.15, -0.1) is 0 Å². The predicted octanol–water partition coefficient (Wildman–Crippen LogP) is 3.08. The molecule has 1 amide bonds. The fourth-order valence-electron chi connectivity index (χ4n) is 3.93. The number of halogens is 3. The second-order valence-electron chi connectivity index (χ2n) is 6.95. The zero-order valence-corrected chi connectivity index (χ0v) is 14.8. The highest BCUT2D eigenvalue weighted by atomic mass is 19.3. The van der Waals surface area contributed by atoms with Gasteiger partial charge < -0.3 is 14.8 Å². The van der Waals surface area contributed by atoms with E-state index in [4.69, 9.17) is 0 Å². The summed E-state index contributed by atoms with van der Waals surface area (Å²) in [6.45, 7) is 1.60. The van der Waals surface area contributed by atoms with Crippen LogP contribution in [0.1, 0.15) is 52.9 Å². The number of rotatable bonds is 3. The Morgan fingerprint density at radius 2 is 2.04 bits per heavy atom. The standard InChI is InChI=1S/C19H21F3N4O/c20-13-6-2-1-5-12(13)14-11-25(10-8-23-14)19(27)17-16(18(21)22)24-15-7-3-4-9-26(15)17/h1-2,5-6,14,18,23H,3-4,7-11H2. The monoisotopic (exact) mass is 378 g/mol. The molecule has 3 heterocycles. The number of fused-ring (bicyclic) bond motifs is 1. The molecule has 2 aliphatic rings. The van der Waals surface area contributed by atoms with E-state index in [9.17, 15) is 18.0 Å². The smallest absolute Gasteiger partial charge is 0.282 e. The van der Waals surface area contributed by atoms with Crippen molar-refractivity contribution in [2.45, 2.75) is 38.3 Å². The summed E-state index contributed by atoms with van der Waals surface area (Å²) in [6.07, 6.45) is -0.471. The molecule has 0 radical (unpaired) electrons. The van der Waals surface area contributed by atoms with Gasteiger partial charge in [-0.2, -0.15) is 0 Å². The number of imidazole rings is 1. The van der Waals surface area contributed by atoms with Crippen LogP contribution in [0.25, 0.3) is 0 Å². The van der Waals surface area contributed by atoms with Crippen LogP contribution in [-0.4, -0.2) is 40.0 Å². The molecule has 1 N–H and O–H groups in total. The molecule has 144 valence electrons. The van der Waals surface area contributed by atoms with Crippen molar-refractivity contribution in [3.05, 3.63) is 52.9 Å². The number of hydrogen-bond acceptors (Lipinski definition) is 3. The van der Waals surface area contributed by atoms with E-state index < -0.39 is 18.0 Å². The Labute approximate surface area is 155 Å². The first-order chi connectivity index (χ1) is 13.1. The van der Waals surface area contributed by atoms with Crippen LogP contribution in [0.2, 0.25) is 0 Å². The van der Waals surface area contributed by atoms with Crippen molar-refractivity contribution in [2.75, 3.05) is 19.6 Å². The maximum absolute atomic E-state index is 14.1. The lowest BCUT2D eigenvalue weighted by atomic mass is 10.0. The second kappa shape index (κ2) is 7.34. The van der Waals surface area contributed by atoms with E-state index in [-0.39, 0.29) is 24.1 Å². The topological polar surface area (TPSA) is 50.2 Å². The van der Waals surface area contributed by atoms with Crippen LogP contribution in [0.15, 0.2) is 24.3 Å². The molecule has 1 aromatic carbocycles. The minimum absolute atomic E-state index is 0.00566. The van der Waals surface area contributed by atoms with Crippen LogP contribution in [0.3, 0.4) is 0 Å². The van der Waals surface area contributed by atoms with E-state index >= 15 is 0 Å². The van der Waals surface area contributed by atoms with E-state index in [0.717, 1.165) is 12.8 Å². The molecule has 2 aromatic rings. The predicted molar refractivity (Wildman–Crippen MR) is 93.2 cm³/mol. The zero-order valence-electron chi connectivity index (χ0n) is 14.8. The third-order valence-corrected chi connectivity index (χ3v) is 5.26. The molecule has 1 unspecified atom stereocenters. The van der Waals surface area contributed by atoms with Crippen LogP contribution in [0, 0.1) is 5.82 Å². The number of amides is 1. The van der Waals surface area contributed by atoms with Crippen molar-refractivity contribution < 1.29 is 18.0 Å². The van der Waals surface area contributed by atoms with E-state index in [1.165, 1.54) is 11.0 Å². The number of benzene rings is 1. The van der Waals surface area contributed by atoms with Crippen molar-refractivity contribution in [3.63, 3.8) is 0 Å². The van der Waals surface area contributed by atoms with Crippen LogP contribution in [0.4, 0.5) is 13.2 Å². The summed E-state index contributed by atoms with van der Waals surface area (Å²) < 4.78 is 42.8. The van der Waals surface area contributed by atoms with Gasteiger partial charge in [-0.1, -0.05) is 18.2 Å². The molecule has 4 rings (SSSR count). The number of nitrogens with zero attached hydrogens (tertiary/aromatic N) is 3. The molecule has 1 aromatic heterocycles. The molecule has 0 aliphatic carbocycles. The lowest BCUT2D eigenvalue weighted by Gasteiger charge is -2.34. The van der Waals surface area contributed by atoms with Crippen LogP contribution < -0.4 is 5.32 Å². The van der Waals surface area contributed by atoms with Crippen molar-refractivity contribution >= 4 is 5.91 Å². The maximum Gasteiger partial charge on any atom is 0.282 e. The van der Waals surface area contributed by atoms with Crippen LogP contribution in [0.5, 0.6) is 0 Å². The Bertz CT molecular complexity index is 851. The summed E-state index contributed by atoms with van der Waals surface area (Å²) in [5.74, 6) is -0.242. The first kappa shape index (κ1) is 18.0. The van der Waals surface area contributed by atoms with Gasteiger partial charge in [0.1, 0.15) is 23.0 Å². The Hall–Kier alpha value is -2.35. The SMILES string of the molecule is O=C(c1c(C(F)F)nc2n1CCCC2)N1CCNC(c2ccccc2F)C1. The molecule has 5 nitrogen and oxygen atoms in total. The molecule has 8 heteroatoms. The van der Waals surface area contributed by atoms with Crippen molar-refractivity contribution in [2.24, 2.45) is 0 Å². The third kappa shape index (κ3) is 3.34. The Kier molecular flexibility index (Phi) is 4.90. The lowest BCUT2D eigenvalue weighted by Crippen LogP contribution is -2.49. The van der Waals surface area contributed by atoms with Gasteiger partial charge in [0.2, 0.25) is 0 Å². The molecule has 1 saturated heterocycles. The summed E-state index contributed by atoms with van der Waals surface area (Å²) >= 11 is 0. The number of nitrogens with one attached hydrogen (secondary N) is 1. The third-order valence-electron chi connectivity index (χ3n) is 5.26. The average Bonchev–Trinajstić information content (AvgIpc) is 3.08. The van der Waals surface area contributed by atoms with Gasteiger partial charge >= 0.3 is 0 Å². The first-order valence-corrected chi connectivity index (χ1v) is 9.20. The van der Waals surface area contributed by atoms with Crippen molar-refractivity contribution in [3.8, 4) is 0 Å². The highest BCUT2D eigenvalue weighted by molar-refractivity contribution is 5.94.